The Bertz CT molecular complexity index is 879. The van der Waals surface area contributed by atoms with Crippen molar-refractivity contribution < 1.29 is 4.79 Å². The zero-order chi connectivity index (χ0) is 20.1. The Labute approximate surface area is 194 Å². The number of hydrogen-bond acceptors (Lipinski definition) is 4. The number of nitrogens with one attached hydrogen (secondary N) is 3. The maximum absolute atomic E-state index is 12.0. The van der Waals surface area contributed by atoms with E-state index in [-0.39, 0.29) is 35.8 Å². The van der Waals surface area contributed by atoms with Crippen molar-refractivity contribution in [2.24, 2.45) is 4.99 Å². The molecule has 1 aromatic heterocycles. The highest BCUT2D eigenvalue weighted by molar-refractivity contribution is 14.0. The van der Waals surface area contributed by atoms with Crippen molar-refractivity contribution in [2.45, 2.75) is 31.7 Å². The van der Waals surface area contributed by atoms with Gasteiger partial charge in [-0.05, 0) is 36.1 Å². The van der Waals surface area contributed by atoms with Gasteiger partial charge in [0.15, 0.2) is 5.96 Å². The van der Waals surface area contributed by atoms with E-state index in [1.54, 1.807) is 7.05 Å². The summed E-state index contributed by atoms with van der Waals surface area (Å²) in [5, 5.41) is 9.63. The minimum atomic E-state index is 0. The highest BCUT2D eigenvalue weighted by atomic mass is 127. The van der Waals surface area contributed by atoms with Crippen molar-refractivity contribution in [3.63, 3.8) is 0 Å². The zero-order valence-corrected chi connectivity index (χ0v) is 19.6. The summed E-state index contributed by atoms with van der Waals surface area (Å²) in [6.45, 7) is 3.50. The van der Waals surface area contributed by atoms with E-state index in [4.69, 9.17) is 0 Å². The molecular weight excluding hydrogens is 491 g/mol. The highest BCUT2D eigenvalue weighted by Gasteiger charge is 2.24. The lowest BCUT2D eigenvalue weighted by Crippen LogP contribution is -2.40. The van der Waals surface area contributed by atoms with E-state index < -0.39 is 0 Å². The summed E-state index contributed by atoms with van der Waals surface area (Å²) < 4.78 is 0. The van der Waals surface area contributed by atoms with E-state index in [1.165, 1.54) is 12.8 Å². The minimum Gasteiger partial charge on any atom is -0.357 e. The number of halogens is 1. The molecule has 1 aromatic carbocycles. The van der Waals surface area contributed by atoms with Crippen LogP contribution >= 0.6 is 24.0 Å². The Morgan fingerprint density at radius 2 is 2.00 bits per heavy atom. The number of rotatable bonds is 5. The van der Waals surface area contributed by atoms with Crippen LogP contribution in [0, 0.1) is 0 Å². The number of pyridine rings is 1. The van der Waals surface area contributed by atoms with Crippen LogP contribution in [0.1, 0.15) is 36.3 Å². The number of amides is 1. The van der Waals surface area contributed by atoms with Gasteiger partial charge < -0.3 is 20.9 Å². The van der Waals surface area contributed by atoms with Crippen LogP contribution in [0.15, 0.2) is 47.6 Å². The van der Waals surface area contributed by atoms with Crippen molar-refractivity contribution in [3.8, 4) is 0 Å². The lowest BCUT2D eigenvalue weighted by molar-refractivity contribution is -0.116. The Morgan fingerprint density at radius 1 is 1.20 bits per heavy atom. The smallest absolute Gasteiger partial charge is 0.225 e. The highest BCUT2D eigenvalue weighted by Crippen LogP contribution is 2.31. The van der Waals surface area contributed by atoms with Crippen LogP contribution in [0.25, 0.3) is 0 Å². The predicted octanol–water partition coefficient (Wildman–Crippen LogP) is 3.09. The summed E-state index contributed by atoms with van der Waals surface area (Å²) in [7, 11) is 1.76. The molecule has 160 valence electrons. The van der Waals surface area contributed by atoms with Crippen LogP contribution in [-0.2, 0) is 11.3 Å². The quantitative estimate of drug-likeness (QED) is 0.321. The first-order valence-corrected chi connectivity index (χ1v) is 10.3. The molecule has 8 heteroatoms. The number of aliphatic imine (C=N–C) groups is 1. The van der Waals surface area contributed by atoms with Gasteiger partial charge in [0.1, 0.15) is 5.82 Å². The second-order valence-electron chi connectivity index (χ2n) is 7.56. The topological polar surface area (TPSA) is 81.7 Å². The van der Waals surface area contributed by atoms with Crippen LogP contribution in [0.3, 0.4) is 0 Å². The molecule has 0 spiro atoms. The number of nitrogens with zero attached hydrogens (tertiary/aromatic N) is 3. The zero-order valence-electron chi connectivity index (χ0n) is 17.2. The van der Waals surface area contributed by atoms with Crippen LogP contribution in [-0.4, -0.2) is 43.5 Å². The summed E-state index contributed by atoms with van der Waals surface area (Å²) in [5.41, 5.74) is 3.18. The molecule has 2 aromatic rings. The minimum absolute atomic E-state index is 0. The SMILES string of the molecule is CN=C(NCc1ccc(N2CCCC2)nc1)NCC1CC(=O)Nc2ccccc21.I. The Balaban J connectivity index is 0.00000256. The van der Waals surface area contributed by atoms with Crippen molar-refractivity contribution in [3.05, 3.63) is 53.7 Å². The van der Waals surface area contributed by atoms with Gasteiger partial charge in [0.2, 0.25) is 5.91 Å². The van der Waals surface area contributed by atoms with Crippen LogP contribution in [0.2, 0.25) is 0 Å². The second kappa shape index (κ2) is 10.6. The molecule has 1 unspecified atom stereocenters. The number of carbonyl (C=O) groups excluding carboxylic acids is 1. The van der Waals surface area contributed by atoms with Gasteiger partial charge in [0, 0.05) is 57.4 Å². The van der Waals surface area contributed by atoms with Crippen LogP contribution in [0.5, 0.6) is 0 Å². The molecule has 1 saturated heterocycles. The fraction of sp³-hybridized carbons (Fsp3) is 0.409. The number of para-hydroxylation sites is 1. The van der Waals surface area contributed by atoms with Gasteiger partial charge in [-0.25, -0.2) is 4.98 Å². The summed E-state index contributed by atoms with van der Waals surface area (Å²) >= 11 is 0. The van der Waals surface area contributed by atoms with E-state index in [1.807, 2.05) is 24.4 Å². The molecule has 3 N–H and O–H groups in total. The van der Waals surface area contributed by atoms with E-state index in [0.717, 1.165) is 41.7 Å². The second-order valence-corrected chi connectivity index (χ2v) is 7.56. The maximum Gasteiger partial charge on any atom is 0.225 e. The predicted molar refractivity (Wildman–Crippen MR) is 132 cm³/mol. The van der Waals surface area contributed by atoms with Gasteiger partial charge in [0.05, 0.1) is 0 Å². The Morgan fingerprint density at radius 3 is 2.73 bits per heavy atom. The molecule has 0 saturated carbocycles. The fourth-order valence-electron chi connectivity index (χ4n) is 3.96. The first-order chi connectivity index (χ1) is 14.2. The van der Waals surface area contributed by atoms with Crippen molar-refractivity contribution >= 4 is 47.3 Å². The number of aromatic nitrogens is 1. The van der Waals surface area contributed by atoms with Gasteiger partial charge in [-0.1, -0.05) is 24.3 Å². The summed E-state index contributed by atoms with van der Waals surface area (Å²) in [5.74, 6) is 1.96. The van der Waals surface area contributed by atoms with E-state index in [0.29, 0.717) is 19.5 Å². The molecule has 3 heterocycles. The average molecular weight is 520 g/mol. The molecular formula is C22H29IN6O. The van der Waals surface area contributed by atoms with Gasteiger partial charge in [-0.15, -0.1) is 24.0 Å². The number of guanidine groups is 1. The summed E-state index contributed by atoms with van der Waals surface area (Å²) in [6, 6.07) is 12.2. The molecule has 1 fully saturated rings. The lowest BCUT2D eigenvalue weighted by atomic mass is 9.90. The third-order valence-corrected chi connectivity index (χ3v) is 5.55. The first-order valence-electron chi connectivity index (χ1n) is 10.3. The van der Waals surface area contributed by atoms with Gasteiger partial charge in [-0.2, -0.15) is 0 Å². The number of anilines is 2. The van der Waals surface area contributed by atoms with E-state index in [2.05, 4.69) is 49.0 Å². The molecule has 4 rings (SSSR count). The molecule has 2 aliphatic heterocycles. The molecule has 30 heavy (non-hydrogen) atoms. The molecule has 2 aliphatic rings. The van der Waals surface area contributed by atoms with Gasteiger partial charge in [-0.3, -0.25) is 9.79 Å². The van der Waals surface area contributed by atoms with Crippen molar-refractivity contribution in [1.82, 2.24) is 15.6 Å². The molecule has 0 aliphatic carbocycles. The molecule has 0 radical (unpaired) electrons. The number of benzene rings is 1. The Kier molecular flexibility index (Phi) is 7.89. The summed E-state index contributed by atoms with van der Waals surface area (Å²) in [6.07, 6.45) is 4.90. The number of fused-ring (bicyclic) bond motifs is 1. The lowest BCUT2D eigenvalue weighted by Gasteiger charge is -2.26. The molecule has 7 nitrogen and oxygen atoms in total. The molecule has 0 bridgehead atoms. The monoisotopic (exact) mass is 520 g/mol. The van der Waals surface area contributed by atoms with E-state index in [9.17, 15) is 4.79 Å². The maximum atomic E-state index is 12.0. The largest absolute Gasteiger partial charge is 0.357 e. The van der Waals surface area contributed by atoms with E-state index >= 15 is 0 Å². The van der Waals surface area contributed by atoms with Crippen molar-refractivity contribution in [2.75, 3.05) is 36.9 Å². The fourth-order valence-corrected chi connectivity index (χ4v) is 3.96. The Hall–Kier alpha value is -2.36. The van der Waals surface area contributed by atoms with Gasteiger partial charge in [0.25, 0.3) is 0 Å². The summed E-state index contributed by atoms with van der Waals surface area (Å²) in [4.78, 5) is 23.2. The van der Waals surface area contributed by atoms with Crippen LogP contribution in [0.4, 0.5) is 11.5 Å². The molecule has 1 atom stereocenters. The number of hydrogen-bond donors (Lipinski definition) is 3. The third-order valence-electron chi connectivity index (χ3n) is 5.55. The number of carbonyl (C=O) groups is 1. The molecule has 1 amide bonds. The standard InChI is InChI=1S/C22H28N6O.HI/c1-23-22(25-14-16-8-9-20(24-13-16)28-10-4-5-11-28)26-15-17-12-21(29)27-19-7-3-2-6-18(17)19;/h2-3,6-9,13,17H,4-5,10-12,14-15H2,1H3,(H,27,29)(H2,23,25,26);1H. The van der Waals surface area contributed by atoms with Gasteiger partial charge >= 0.3 is 0 Å². The first kappa shape index (κ1) is 22.3. The average Bonchev–Trinajstić information content (AvgIpc) is 3.29. The van der Waals surface area contributed by atoms with Crippen LogP contribution < -0.4 is 20.9 Å². The van der Waals surface area contributed by atoms with Crippen molar-refractivity contribution in [1.29, 1.82) is 0 Å². The normalized spacial score (nSPS) is 18.3. The third kappa shape index (κ3) is 5.41.